The fourth-order valence-corrected chi connectivity index (χ4v) is 2.41. The zero-order valence-corrected chi connectivity index (χ0v) is 14.2. The van der Waals surface area contributed by atoms with Crippen LogP contribution in [0.4, 0.5) is 18.0 Å². The Labute approximate surface area is 143 Å². The van der Waals surface area contributed by atoms with Crippen molar-refractivity contribution in [2.24, 2.45) is 11.8 Å². The monoisotopic (exact) mass is 375 g/mol. The average Bonchev–Trinajstić information content (AvgIpc) is 2.81. The van der Waals surface area contributed by atoms with Gasteiger partial charge in [0.2, 0.25) is 5.91 Å². The van der Waals surface area contributed by atoms with Gasteiger partial charge in [0.15, 0.2) is 0 Å². The lowest BCUT2D eigenvalue weighted by Crippen LogP contribution is -2.50. The molecule has 24 heavy (non-hydrogen) atoms. The number of nitrogens with one attached hydrogen (secondary N) is 2. The molecule has 1 unspecified atom stereocenters. The largest absolute Gasteiger partial charge is 0.481 e. The second-order valence-corrected chi connectivity index (χ2v) is 5.84. The molecule has 3 amide bonds. The highest BCUT2D eigenvalue weighted by Gasteiger charge is 2.53. The summed E-state index contributed by atoms with van der Waals surface area (Å²) in [5.74, 6) is -6.01. The Morgan fingerprint density at radius 2 is 1.71 bits per heavy atom. The summed E-state index contributed by atoms with van der Waals surface area (Å²) < 4.78 is 38.7. The number of carbonyl (C=O) groups excluding carboxylic acids is 2. The third kappa shape index (κ3) is 5.82. The van der Waals surface area contributed by atoms with Crippen LogP contribution in [-0.4, -0.2) is 59.3 Å². The molecule has 0 aromatic rings. The number of alkyl halides is 3. The van der Waals surface area contributed by atoms with Crippen LogP contribution in [0.2, 0.25) is 0 Å². The van der Waals surface area contributed by atoms with Crippen LogP contribution < -0.4 is 10.6 Å². The van der Waals surface area contributed by atoms with E-state index in [0.29, 0.717) is 0 Å². The van der Waals surface area contributed by atoms with Crippen molar-refractivity contribution in [1.82, 2.24) is 15.5 Å². The lowest BCUT2D eigenvalue weighted by molar-refractivity contribution is -0.188. The molecule has 0 saturated carbocycles. The maximum Gasteiger partial charge on any atom is 0.393 e. The molecule has 1 fully saturated rings. The van der Waals surface area contributed by atoms with Gasteiger partial charge in [-0.05, 0) is 20.8 Å². The summed E-state index contributed by atoms with van der Waals surface area (Å²) in [5.41, 5.74) is 0. The van der Waals surface area contributed by atoms with Crippen LogP contribution in [-0.2, 0) is 9.59 Å². The van der Waals surface area contributed by atoms with Gasteiger partial charge in [-0.25, -0.2) is 4.79 Å². The van der Waals surface area contributed by atoms with E-state index in [1.807, 2.05) is 5.32 Å². The topological polar surface area (TPSA) is 98.7 Å². The quantitative estimate of drug-likeness (QED) is 0.686. The molecule has 11 heteroatoms. The number of urea groups is 1. The van der Waals surface area contributed by atoms with E-state index in [9.17, 15) is 27.6 Å². The zero-order chi connectivity index (χ0) is 17.9. The Bertz CT molecular complexity index is 488. The Balaban J connectivity index is 0.00000529. The Hall–Kier alpha value is -1.55. The summed E-state index contributed by atoms with van der Waals surface area (Å²) in [6.07, 6.45) is -4.66. The first-order valence-corrected chi connectivity index (χ1v) is 7.08. The molecular formula is C13H21ClF3N3O4. The van der Waals surface area contributed by atoms with Crippen LogP contribution >= 0.6 is 12.4 Å². The summed E-state index contributed by atoms with van der Waals surface area (Å²) in [5, 5.41) is 13.4. The number of rotatable bonds is 4. The molecule has 7 nitrogen and oxygen atoms in total. The molecule has 0 radical (unpaired) electrons. The third-order valence-corrected chi connectivity index (χ3v) is 3.67. The number of carboxylic acids is 1. The van der Waals surface area contributed by atoms with Crippen LogP contribution in [0.25, 0.3) is 0 Å². The maximum absolute atomic E-state index is 12.9. The molecule has 140 valence electrons. The number of nitrogens with zero attached hydrogens (tertiary/aromatic N) is 1. The molecule has 0 aromatic heterocycles. The maximum atomic E-state index is 12.9. The Morgan fingerprint density at radius 1 is 1.17 bits per heavy atom. The number of carboxylic acid groups (broad SMARTS) is 1. The number of hydrogen-bond donors (Lipinski definition) is 3. The highest BCUT2D eigenvalue weighted by molar-refractivity contribution is 5.96. The minimum absolute atomic E-state index is 0. The molecule has 3 atom stereocenters. The van der Waals surface area contributed by atoms with Gasteiger partial charge in [0.1, 0.15) is 0 Å². The highest BCUT2D eigenvalue weighted by Crippen LogP contribution is 2.38. The molecule has 1 aliphatic heterocycles. The number of likely N-dealkylation sites (tertiary alicyclic amines) is 1. The Morgan fingerprint density at radius 3 is 2.08 bits per heavy atom. The smallest absolute Gasteiger partial charge is 0.393 e. The zero-order valence-electron chi connectivity index (χ0n) is 13.4. The molecule has 1 rings (SSSR count). The molecule has 0 spiro atoms. The minimum atomic E-state index is -4.66. The number of carbonyl (C=O) groups is 3. The normalized spacial score (nSPS) is 22.6. The van der Waals surface area contributed by atoms with Gasteiger partial charge in [0.25, 0.3) is 0 Å². The van der Waals surface area contributed by atoms with Crippen molar-refractivity contribution in [2.75, 3.05) is 13.1 Å². The van der Waals surface area contributed by atoms with Crippen molar-refractivity contribution in [3.05, 3.63) is 0 Å². The summed E-state index contributed by atoms with van der Waals surface area (Å²) in [7, 11) is 0. The summed E-state index contributed by atoms with van der Waals surface area (Å²) in [6.45, 7) is 3.69. The van der Waals surface area contributed by atoms with Gasteiger partial charge >= 0.3 is 18.2 Å². The highest BCUT2D eigenvalue weighted by atomic mass is 35.5. The second kappa shape index (κ2) is 8.52. The predicted molar refractivity (Wildman–Crippen MR) is 80.8 cm³/mol. The second-order valence-electron chi connectivity index (χ2n) is 5.84. The lowest BCUT2D eigenvalue weighted by atomic mass is 9.96. The van der Waals surface area contributed by atoms with Crippen molar-refractivity contribution in [1.29, 1.82) is 0 Å². The minimum Gasteiger partial charge on any atom is -0.481 e. The van der Waals surface area contributed by atoms with Gasteiger partial charge in [-0.3, -0.25) is 19.8 Å². The first kappa shape index (κ1) is 22.4. The third-order valence-electron chi connectivity index (χ3n) is 3.67. The van der Waals surface area contributed by atoms with Gasteiger partial charge in [0, 0.05) is 19.1 Å². The first-order valence-electron chi connectivity index (χ1n) is 7.08. The van der Waals surface area contributed by atoms with Gasteiger partial charge in [-0.1, -0.05) is 0 Å². The van der Waals surface area contributed by atoms with Gasteiger partial charge in [-0.2, -0.15) is 13.2 Å². The van der Waals surface area contributed by atoms with Gasteiger partial charge in [0.05, 0.1) is 17.9 Å². The van der Waals surface area contributed by atoms with Crippen molar-refractivity contribution in [3.8, 4) is 0 Å². The molecule has 1 heterocycles. The fourth-order valence-electron chi connectivity index (χ4n) is 2.41. The van der Waals surface area contributed by atoms with Crippen LogP contribution in [0.5, 0.6) is 0 Å². The van der Waals surface area contributed by atoms with Crippen LogP contribution in [0.3, 0.4) is 0 Å². The van der Waals surface area contributed by atoms with Crippen LogP contribution in [0.15, 0.2) is 0 Å². The number of imide groups is 1. The lowest BCUT2D eigenvalue weighted by Gasteiger charge is -2.23. The SMILES string of the molecule is CC(C)NC(=O)NC(=O)C(C)N1C[C@@H](C(F)(F)F)[C@H](C(=O)O)C1.Cl. The molecule has 0 bridgehead atoms. The van der Waals surface area contributed by atoms with Crippen molar-refractivity contribution < 1.29 is 32.7 Å². The molecule has 1 saturated heterocycles. The van der Waals surface area contributed by atoms with E-state index in [4.69, 9.17) is 5.11 Å². The van der Waals surface area contributed by atoms with E-state index in [1.165, 1.54) is 6.92 Å². The summed E-state index contributed by atoms with van der Waals surface area (Å²) in [4.78, 5) is 35.5. The number of hydrogen-bond acceptors (Lipinski definition) is 4. The number of aliphatic carboxylic acids is 1. The van der Waals surface area contributed by atoms with Crippen LogP contribution in [0, 0.1) is 11.8 Å². The molecule has 1 aliphatic rings. The first-order chi connectivity index (χ1) is 10.4. The average molecular weight is 376 g/mol. The standard InChI is InChI=1S/C13H20F3N3O4.ClH/c1-6(2)17-12(23)18-10(20)7(3)19-4-8(11(21)22)9(5-19)13(14,15)16;/h6-9H,4-5H2,1-3H3,(H,21,22)(H2,17,18,20,23);1H/t7?,8-,9-;/m1./s1. The number of halogens is 4. The fraction of sp³-hybridized carbons (Fsp3) is 0.769. The van der Waals surface area contributed by atoms with Crippen molar-refractivity contribution >= 4 is 30.3 Å². The van der Waals surface area contributed by atoms with Crippen molar-refractivity contribution in [2.45, 2.75) is 39.0 Å². The molecular weight excluding hydrogens is 355 g/mol. The summed E-state index contributed by atoms with van der Waals surface area (Å²) in [6, 6.07) is -2.02. The van der Waals surface area contributed by atoms with E-state index in [0.717, 1.165) is 4.90 Å². The van der Waals surface area contributed by atoms with Gasteiger partial charge < -0.3 is 10.4 Å². The van der Waals surface area contributed by atoms with E-state index in [1.54, 1.807) is 13.8 Å². The van der Waals surface area contributed by atoms with E-state index in [-0.39, 0.29) is 18.4 Å². The van der Waals surface area contributed by atoms with E-state index >= 15 is 0 Å². The van der Waals surface area contributed by atoms with Crippen LogP contribution in [0.1, 0.15) is 20.8 Å². The Kier molecular flexibility index (Phi) is 7.97. The summed E-state index contributed by atoms with van der Waals surface area (Å²) >= 11 is 0. The van der Waals surface area contributed by atoms with Gasteiger partial charge in [-0.15, -0.1) is 12.4 Å². The van der Waals surface area contributed by atoms with Crippen molar-refractivity contribution in [3.63, 3.8) is 0 Å². The predicted octanol–water partition coefficient (Wildman–Crippen LogP) is 1.23. The number of amides is 3. The molecule has 3 N–H and O–H groups in total. The van der Waals surface area contributed by atoms with E-state index in [2.05, 4.69) is 5.32 Å². The van der Waals surface area contributed by atoms with E-state index < -0.39 is 55.1 Å². The molecule has 0 aromatic carbocycles. The molecule has 0 aliphatic carbocycles.